The fraction of sp³-hybridized carbons (Fsp3) is 0.333. The van der Waals surface area contributed by atoms with E-state index in [9.17, 15) is 9.59 Å². The second kappa shape index (κ2) is 7.60. The van der Waals surface area contributed by atoms with Crippen molar-refractivity contribution < 1.29 is 14.3 Å². The zero-order valence-corrected chi connectivity index (χ0v) is 15.4. The minimum Gasteiger partial charge on any atom is -0.494 e. The first-order valence-electron chi connectivity index (χ1n) is 8.92. The van der Waals surface area contributed by atoms with Gasteiger partial charge in [-0.15, -0.1) is 0 Å². The average molecular weight is 352 g/mol. The topological polar surface area (TPSA) is 49.9 Å². The van der Waals surface area contributed by atoms with Gasteiger partial charge in [0, 0.05) is 24.3 Å². The highest BCUT2D eigenvalue weighted by Crippen LogP contribution is 2.32. The van der Waals surface area contributed by atoms with E-state index in [1.54, 1.807) is 17.0 Å². The minimum absolute atomic E-state index is 0.0159. The normalized spacial score (nSPS) is 15.5. The summed E-state index contributed by atoms with van der Waals surface area (Å²) in [5, 5.41) is 0. The molecule has 0 saturated heterocycles. The Kier molecular flexibility index (Phi) is 5.26. The van der Waals surface area contributed by atoms with Gasteiger partial charge in [0.05, 0.1) is 6.61 Å². The molecule has 3 rings (SSSR count). The molecular weight excluding hydrogens is 328 g/mol. The molecule has 0 aromatic heterocycles. The van der Waals surface area contributed by atoms with Crippen molar-refractivity contribution in [3.63, 3.8) is 0 Å². The Hall–Kier alpha value is -2.82. The van der Waals surface area contributed by atoms with Crippen molar-refractivity contribution >= 4 is 23.2 Å². The van der Waals surface area contributed by atoms with Gasteiger partial charge in [0.25, 0.3) is 0 Å². The van der Waals surface area contributed by atoms with Gasteiger partial charge < -0.3 is 14.5 Å². The molecule has 2 aromatic carbocycles. The maximum absolute atomic E-state index is 13.0. The van der Waals surface area contributed by atoms with Crippen molar-refractivity contribution in [2.45, 2.75) is 33.2 Å². The monoisotopic (exact) mass is 352 g/mol. The molecule has 136 valence electrons. The molecule has 2 amide bonds. The number of carbonyl (C=O) groups excluding carboxylic acids is 2. The molecule has 5 nitrogen and oxygen atoms in total. The number of fused-ring (bicyclic) bond motifs is 1. The van der Waals surface area contributed by atoms with Crippen LogP contribution < -0.4 is 14.5 Å². The second-order valence-corrected chi connectivity index (χ2v) is 6.48. The van der Waals surface area contributed by atoms with Crippen molar-refractivity contribution in [2.75, 3.05) is 23.0 Å². The van der Waals surface area contributed by atoms with E-state index >= 15 is 0 Å². The molecule has 0 fully saturated rings. The SMILES string of the molecule is CCOc1ccc(N(CC(=O)N2c3ccccc3CC2C)C(C)=O)cc1. The lowest BCUT2D eigenvalue weighted by molar-refractivity contribution is -0.121. The summed E-state index contributed by atoms with van der Waals surface area (Å²) in [5.74, 6) is 0.502. The molecule has 0 radical (unpaired) electrons. The molecule has 1 atom stereocenters. The Morgan fingerprint density at radius 2 is 1.85 bits per heavy atom. The van der Waals surface area contributed by atoms with Gasteiger partial charge in [-0.25, -0.2) is 0 Å². The van der Waals surface area contributed by atoms with Crippen molar-refractivity contribution in [3.8, 4) is 5.75 Å². The van der Waals surface area contributed by atoms with Crippen LogP contribution in [-0.4, -0.2) is 31.0 Å². The molecule has 26 heavy (non-hydrogen) atoms. The minimum atomic E-state index is -0.164. The van der Waals surface area contributed by atoms with E-state index in [1.807, 2.05) is 50.2 Å². The van der Waals surface area contributed by atoms with Crippen LogP contribution in [0.3, 0.4) is 0 Å². The number of rotatable bonds is 5. The van der Waals surface area contributed by atoms with Crippen LogP contribution in [-0.2, 0) is 16.0 Å². The number of carbonyl (C=O) groups is 2. The number of para-hydroxylation sites is 1. The van der Waals surface area contributed by atoms with Crippen LogP contribution >= 0.6 is 0 Å². The van der Waals surface area contributed by atoms with E-state index in [4.69, 9.17) is 4.74 Å². The molecule has 0 bridgehead atoms. The number of amides is 2. The molecule has 0 aliphatic carbocycles. The molecule has 1 aliphatic heterocycles. The zero-order chi connectivity index (χ0) is 18.7. The average Bonchev–Trinajstić information content (AvgIpc) is 2.96. The molecule has 1 aliphatic rings. The number of anilines is 2. The first-order chi connectivity index (χ1) is 12.5. The highest BCUT2D eigenvalue weighted by atomic mass is 16.5. The van der Waals surface area contributed by atoms with Gasteiger partial charge in [0.1, 0.15) is 12.3 Å². The Labute approximate surface area is 154 Å². The molecule has 0 N–H and O–H groups in total. The lowest BCUT2D eigenvalue weighted by atomic mass is 10.1. The summed E-state index contributed by atoms with van der Waals surface area (Å²) in [6, 6.07) is 15.3. The molecule has 0 saturated carbocycles. The third-order valence-corrected chi connectivity index (χ3v) is 4.61. The lowest BCUT2D eigenvalue weighted by Gasteiger charge is -2.27. The third kappa shape index (κ3) is 3.57. The van der Waals surface area contributed by atoms with E-state index < -0.39 is 0 Å². The van der Waals surface area contributed by atoms with Crippen molar-refractivity contribution in [3.05, 3.63) is 54.1 Å². The number of ether oxygens (including phenoxy) is 1. The van der Waals surface area contributed by atoms with E-state index in [2.05, 4.69) is 0 Å². The largest absolute Gasteiger partial charge is 0.494 e. The Bertz CT molecular complexity index is 801. The predicted octanol–water partition coefficient (Wildman–Crippen LogP) is 3.42. The van der Waals surface area contributed by atoms with Crippen molar-refractivity contribution in [1.29, 1.82) is 0 Å². The van der Waals surface area contributed by atoms with Crippen LogP contribution in [0.2, 0.25) is 0 Å². The molecule has 0 spiro atoms. The van der Waals surface area contributed by atoms with Gasteiger partial charge in [0.2, 0.25) is 11.8 Å². The Balaban J connectivity index is 1.80. The summed E-state index contributed by atoms with van der Waals surface area (Å²) in [6.45, 7) is 6.03. The molecule has 1 heterocycles. The first kappa shape index (κ1) is 18.0. The third-order valence-electron chi connectivity index (χ3n) is 4.61. The highest BCUT2D eigenvalue weighted by Gasteiger charge is 2.31. The summed E-state index contributed by atoms with van der Waals surface area (Å²) < 4.78 is 5.44. The molecule has 1 unspecified atom stereocenters. The number of hydrogen-bond acceptors (Lipinski definition) is 3. The second-order valence-electron chi connectivity index (χ2n) is 6.48. The van der Waals surface area contributed by atoms with Gasteiger partial charge in [-0.05, 0) is 56.2 Å². The lowest BCUT2D eigenvalue weighted by Crippen LogP contribution is -2.44. The molecular formula is C21H24N2O3. The summed E-state index contributed by atoms with van der Waals surface area (Å²) in [6.07, 6.45) is 0.838. The molecule has 5 heteroatoms. The number of hydrogen-bond donors (Lipinski definition) is 0. The van der Waals surface area contributed by atoms with E-state index in [1.165, 1.54) is 17.4 Å². The smallest absolute Gasteiger partial charge is 0.247 e. The molecule has 2 aromatic rings. The fourth-order valence-corrected chi connectivity index (χ4v) is 3.43. The maximum Gasteiger partial charge on any atom is 0.247 e. The van der Waals surface area contributed by atoms with Crippen LogP contribution in [0.4, 0.5) is 11.4 Å². The fourth-order valence-electron chi connectivity index (χ4n) is 3.43. The zero-order valence-electron chi connectivity index (χ0n) is 15.4. The van der Waals surface area contributed by atoms with Crippen LogP contribution in [0.1, 0.15) is 26.3 Å². The van der Waals surface area contributed by atoms with Gasteiger partial charge in [0.15, 0.2) is 0 Å². The van der Waals surface area contributed by atoms with Crippen LogP contribution in [0.5, 0.6) is 5.75 Å². The van der Waals surface area contributed by atoms with Gasteiger partial charge in [-0.1, -0.05) is 18.2 Å². The Morgan fingerprint density at radius 3 is 2.50 bits per heavy atom. The Morgan fingerprint density at radius 1 is 1.15 bits per heavy atom. The van der Waals surface area contributed by atoms with Crippen molar-refractivity contribution in [1.82, 2.24) is 0 Å². The van der Waals surface area contributed by atoms with Gasteiger partial charge >= 0.3 is 0 Å². The van der Waals surface area contributed by atoms with Gasteiger partial charge in [-0.3, -0.25) is 9.59 Å². The van der Waals surface area contributed by atoms with E-state index in [0.717, 1.165) is 17.9 Å². The number of nitrogens with zero attached hydrogens (tertiary/aromatic N) is 2. The summed E-state index contributed by atoms with van der Waals surface area (Å²) >= 11 is 0. The van der Waals surface area contributed by atoms with E-state index in [-0.39, 0.29) is 24.4 Å². The van der Waals surface area contributed by atoms with Crippen LogP contribution in [0.25, 0.3) is 0 Å². The van der Waals surface area contributed by atoms with Gasteiger partial charge in [-0.2, -0.15) is 0 Å². The van der Waals surface area contributed by atoms with Crippen molar-refractivity contribution in [2.24, 2.45) is 0 Å². The van der Waals surface area contributed by atoms with E-state index in [0.29, 0.717) is 12.3 Å². The summed E-state index contributed by atoms with van der Waals surface area (Å²) in [4.78, 5) is 28.5. The maximum atomic E-state index is 13.0. The first-order valence-corrected chi connectivity index (χ1v) is 8.92. The quantitative estimate of drug-likeness (QED) is 0.828. The summed E-state index contributed by atoms with van der Waals surface area (Å²) in [5.41, 5.74) is 2.80. The van der Waals surface area contributed by atoms with Crippen LogP contribution in [0.15, 0.2) is 48.5 Å². The standard InChI is InChI=1S/C21H24N2O3/c1-4-26-19-11-9-18(10-12-19)22(16(3)24)14-21(25)23-15(2)13-17-7-5-6-8-20(17)23/h5-12,15H,4,13-14H2,1-3H3. The summed E-state index contributed by atoms with van der Waals surface area (Å²) in [7, 11) is 0. The predicted molar refractivity (Wildman–Crippen MR) is 103 cm³/mol. The van der Waals surface area contributed by atoms with Crippen LogP contribution in [0, 0.1) is 0 Å². The highest BCUT2D eigenvalue weighted by molar-refractivity contribution is 6.04. The number of benzene rings is 2.